The van der Waals surface area contributed by atoms with E-state index in [4.69, 9.17) is 9.47 Å². The number of rotatable bonds is 10. The van der Waals surface area contributed by atoms with E-state index >= 15 is 0 Å². The van der Waals surface area contributed by atoms with Crippen molar-refractivity contribution < 1.29 is 23.8 Å². The third-order valence-corrected chi connectivity index (χ3v) is 6.77. The summed E-state index contributed by atoms with van der Waals surface area (Å²) in [5.74, 6) is -0.537. The van der Waals surface area contributed by atoms with Crippen molar-refractivity contribution in [2.24, 2.45) is 0 Å². The van der Waals surface area contributed by atoms with Crippen molar-refractivity contribution in [2.45, 2.75) is 13.0 Å². The molecule has 5 aromatic rings. The summed E-state index contributed by atoms with van der Waals surface area (Å²) in [6.07, 6.45) is 0.227. The van der Waals surface area contributed by atoms with Crippen molar-refractivity contribution in [2.75, 3.05) is 25.7 Å². The minimum atomic E-state index is -1.11. The topological polar surface area (TPSA) is 105 Å². The van der Waals surface area contributed by atoms with E-state index in [0.717, 1.165) is 16.9 Å². The van der Waals surface area contributed by atoms with Gasteiger partial charge in [-0.05, 0) is 41.0 Å². The molecule has 0 aliphatic heterocycles. The molecule has 1 heterocycles. The number of halogens is 1. The van der Waals surface area contributed by atoms with Crippen LogP contribution in [0.3, 0.4) is 0 Å². The summed E-state index contributed by atoms with van der Waals surface area (Å²) in [5, 5.41) is 9.89. The molecule has 0 bridgehead atoms. The van der Waals surface area contributed by atoms with Crippen LogP contribution >= 0.6 is 0 Å². The first-order valence-electron chi connectivity index (χ1n) is 13.0. The molecule has 8 nitrogen and oxygen atoms in total. The number of aromatic carboxylic acids is 1. The number of hydrogen-bond acceptors (Lipinski definition) is 6. The monoisotopic (exact) mass is 553 g/mol. The summed E-state index contributed by atoms with van der Waals surface area (Å²) in [5.41, 5.74) is 2.45. The van der Waals surface area contributed by atoms with Crippen molar-refractivity contribution in [3.05, 3.63) is 118 Å². The van der Waals surface area contributed by atoms with Gasteiger partial charge in [0.15, 0.2) is 0 Å². The lowest BCUT2D eigenvalue weighted by atomic mass is 10.0. The van der Waals surface area contributed by atoms with E-state index in [1.807, 2.05) is 54.6 Å². The van der Waals surface area contributed by atoms with Crippen molar-refractivity contribution in [3.8, 4) is 22.6 Å². The van der Waals surface area contributed by atoms with Crippen LogP contribution in [0, 0.1) is 5.82 Å². The summed E-state index contributed by atoms with van der Waals surface area (Å²) < 4.78 is 26.1. The van der Waals surface area contributed by atoms with Crippen LogP contribution in [0.15, 0.2) is 89.7 Å². The molecule has 0 fully saturated rings. The summed E-state index contributed by atoms with van der Waals surface area (Å²) in [7, 11) is 3.35. The first-order valence-corrected chi connectivity index (χ1v) is 13.0. The standard InChI is InChI=1S/C32H28FN3O5/c1-36(19-20-11-14-23(40-2)15-12-20)32-34-28-26(33)16-13-22(27(28)30(37)35-32)17-18-41-29-24(21-7-4-3-5-8-21)9-6-10-25(29)31(38)39/h3-16H,17-19H2,1-2H3,(H,38,39)(H,34,35,37). The van der Waals surface area contributed by atoms with Gasteiger partial charge in [-0.15, -0.1) is 0 Å². The number of carboxylic acids is 1. The van der Waals surface area contributed by atoms with Crippen molar-refractivity contribution in [1.82, 2.24) is 9.97 Å². The fourth-order valence-corrected chi connectivity index (χ4v) is 4.71. The number of ether oxygens (including phenoxy) is 2. The Morgan fingerprint density at radius 3 is 2.46 bits per heavy atom. The highest BCUT2D eigenvalue weighted by molar-refractivity contribution is 5.94. The Morgan fingerprint density at radius 2 is 1.76 bits per heavy atom. The molecule has 0 aliphatic carbocycles. The van der Waals surface area contributed by atoms with E-state index in [1.54, 1.807) is 31.2 Å². The molecule has 5 rings (SSSR count). The number of nitrogens with one attached hydrogen (secondary N) is 1. The molecule has 1 aromatic heterocycles. The van der Waals surface area contributed by atoms with Crippen molar-refractivity contribution in [3.63, 3.8) is 0 Å². The van der Waals surface area contributed by atoms with Gasteiger partial charge >= 0.3 is 5.97 Å². The molecular weight excluding hydrogens is 525 g/mol. The lowest BCUT2D eigenvalue weighted by Gasteiger charge is -2.19. The van der Waals surface area contributed by atoms with Crippen molar-refractivity contribution in [1.29, 1.82) is 0 Å². The largest absolute Gasteiger partial charge is 0.497 e. The molecule has 0 radical (unpaired) electrons. The number of aromatic nitrogens is 2. The minimum Gasteiger partial charge on any atom is -0.497 e. The van der Waals surface area contributed by atoms with Crippen LogP contribution in [0.4, 0.5) is 10.3 Å². The number of aromatic amines is 1. The molecule has 0 saturated heterocycles. The van der Waals surface area contributed by atoms with Gasteiger partial charge in [0.2, 0.25) is 5.95 Å². The normalized spacial score (nSPS) is 10.9. The summed E-state index contributed by atoms with van der Waals surface area (Å²) in [6, 6.07) is 24.6. The number of anilines is 1. The van der Waals surface area contributed by atoms with Crippen LogP contribution < -0.4 is 19.9 Å². The van der Waals surface area contributed by atoms with Gasteiger partial charge in [0.25, 0.3) is 5.56 Å². The molecule has 9 heteroatoms. The first-order chi connectivity index (χ1) is 19.9. The van der Waals surface area contributed by atoms with Crippen LogP contribution in [0.1, 0.15) is 21.5 Å². The van der Waals surface area contributed by atoms with Crippen LogP contribution in [0.25, 0.3) is 22.0 Å². The summed E-state index contributed by atoms with van der Waals surface area (Å²) >= 11 is 0. The highest BCUT2D eigenvalue weighted by Gasteiger charge is 2.19. The Morgan fingerprint density at radius 1 is 1.00 bits per heavy atom. The molecule has 0 saturated carbocycles. The predicted molar refractivity (Wildman–Crippen MR) is 155 cm³/mol. The number of para-hydroxylation sites is 1. The lowest BCUT2D eigenvalue weighted by molar-refractivity contribution is 0.0692. The fraction of sp³-hybridized carbons (Fsp3) is 0.156. The third-order valence-electron chi connectivity index (χ3n) is 6.77. The number of benzene rings is 4. The van der Waals surface area contributed by atoms with Gasteiger partial charge in [0.05, 0.1) is 19.1 Å². The second-order valence-electron chi connectivity index (χ2n) is 9.48. The molecule has 0 atom stereocenters. The third kappa shape index (κ3) is 5.89. The summed E-state index contributed by atoms with van der Waals surface area (Å²) in [6.45, 7) is 0.490. The number of hydrogen-bond donors (Lipinski definition) is 2. The van der Waals surface area contributed by atoms with E-state index in [0.29, 0.717) is 17.7 Å². The molecule has 4 aromatic carbocycles. The Balaban J connectivity index is 1.40. The SMILES string of the molecule is COc1ccc(CN(C)c2nc3c(F)ccc(CCOc4c(C(=O)O)cccc4-c4ccccc4)c3c(=O)[nH]2)cc1. The van der Waals surface area contributed by atoms with Gasteiger partial charge in [-0.3, -0.25) is 9.78 Å². The second-order valence-corrected chi connectivity index (χ2v) is 9.48. The zero-order valence-corrected chi connectivity index (χ0v) is 22.6. The van der Waals surface area contributed by atoms with Crippen LogP contribution in [-0.4, -0.2) is 41.8 Å². The highest BCUT2D eigenvalue weighted by atomic mass is 19.1. The molecule has 0 aliphatic rings. The van der Waals surface area contributed by atoms with Gasteiger partial charge in [0, 0.05) is 25.6 Å². The maximum absolute atomic E-state index is 14.9. The van der Waals surface area contributed by atoms with E-state index in [2.05, 4.69) is 9.97 Å². The van der Waals surface area contributed by atoms with Gasteiger partial charge in [-0.25, -0.2) is 14.2 Å². The van der Waals surface area contributed by atoms with E-state index in [9.17, 15) is 19.1 Å². The molecule has 0 spiro atoms. The number of carboxylic acid groups (broad SMARTS) is 1. The number of methoxy groups -OCH3 is 1. The summed E-state index contributed by atoms with van der Waals surface area (Å²) in [4.78, 5) is 34.1. The number of H-pyrrole nitrogens is 1. The fourth-order valence-electron chi connectivity index (χ4n) is 4.71. The number of fused-ring (bicyclic) bond motifs is 1. The molecule has 0 unspecified atom stereocenters. The minimum absolute atomic E-state index is 0.0272. The van der Waals surface area contributed by atoms with Crippen LogP contribution in [0.5, 0.6) is 11.5 Å². The van der Waals surface area contributed by atoms with Crippen LogP contribution in [-0.2, 0) is 13.0 Å². The Labute approximate surface area is 235 Å². The molecule has 2 N–H and O–H groups in total. The Kier molecular flexibility index (Phi) is 7.96. The predicted octanol–water partition coefficient (Wildman–Crippen LogP) is 5.69. The van der Waals surface area contributed by atoms with Gasteiger partial charge in [-0.1, -0.05) is 60.7 Å². The zero-order chi connectivity index (χ0) is 28.9. The maximum Gasteiger partial charge on any atom is 0.339 e. The van der Waals surface area contributed by atoms with Gasteiger partial charge in [-0.2, -0.15) is 0 Å². The van der Waals surface area contributed by atoms with Gasteiger partial charge < -0.3 is 19.5 Å². The zero-order valence-electron chi connectivity index (χ0n) is 22.6. The highest BCUT2D eigenvalue weighted by Crippen LogP contribution is 2.33. The van der Waals surface area contributed by atoms with Crippen LogP contribution in [0.2, 0.25) is 0 Å². The van der Waals surface area contributed by atoms with Crippen molar-refractivity contribution >= 4 is 22.8 Å². The van der Waals surface area contributed by atoms with E-state index in [-0.39, 0.29) is 41.2 Å². The van der Waals surface area contributed by atoms with E-state index in [1.165, 1.54) is 18.2 Å². The molecule has 41 heavy (non-hydrogen) atoms. The molecule has 0 amide bonds. The van der Waals surface area contributed by atoms with Gasteiger partial charge in [0.1, 0.15) is 28.4 Å². The smallest absolute Gasteiger partial charge is 0.339 e. The second kappa shape index (κ2) is 11.9. The molecular formula is C32H28FN3O5. The van der Waals surface area contributed by atoms with E-state index < -0.39 is 17.3 Å². The Bertz CT molecular complexity index is 1750. The average Bonchev–Trinajstić information content (AvgIpc) is 2.99. The average molecular weight is 554 g/mol. The quantitative estimate of drug-likeness (QED) is 0.229. The molecule has 208 valence electrons. The lowest BCUT2D eigenvalue weighted by Crippen LogP contribution is -2.23. The maximum atomic E-state index is 14.9. The number of nitrogens with zero attached hydrogens (tertiary/aromatic N) is 2. The first kappa shape index (κ1) is 27.4. The number of carbonyl (C=O) groups is 1. The Hall–Kier alpha value is -5.18.